The van der Waals surface area contributed by atoms with Crippen molar-refractivity contribution in [2.45, 2.75) is 46.2 Å². The van der Waals surface area contributed by atoms with E-state index in [0.717, 1.165) is 0 Å². The summed E-state index contributed by atoms with van der Waals surface area (Å²) in [4.78, 5) is 26.0. The maximum Gasteiger partial charge on any atom is 0.329 e. The number of carbonyl (C=O) groups is 2. The van der Waals surface area contributed by atoms with E-state index in [-0.39, 0.29) is 12.1 Å². The van der Waals surface area contributed by atoms with Crippen LogP contribution in [0.5, 0.6) is 0 Å². The van der Waals surface area contributed by atoms with E-state index in [1.54, 1.807) is 4.90 Å². The minimum absolute atomic E-state index is 0.0598. The molecule has 0 aliphatic heterocycles. The van der Waals surface area contributed by atoms with Crippen molar-refractivity contribution in [3.63, 3.8) is 0 Å². The molecule has 0 unspecified atom stereocenters. The highest BCUT2D eigenvalue weighted by Gasteiger charge is 2.37. The van der Waals surface area contributed by atoms with E-state index in [1.165, 1.54) is 25.8 Å². The number of nitrogens with zero attached hydrogens (tertiary/aromatic N) is 2. The maximum atomic E-state index is 12.1. The highest BCUT2D eigenvalue weighted by Crippen LogP contribution is 2.15. The van der Waals surface area contributed by atoms with E-state index >= 15 is 0 Å². The molecule has 2 amide bonds. The van der Waals surface area contributed by atoms with Gasteiger partial charge in [0.15, 0.2) is 0 Å². The molecule has 94 valence electrons. The van der Waals surface area contributed by atoms with Gasteiger partial charge in [0.05, 0.1) is 0 Å². The van der Waals surface area contributed by atoms with Crippen molar-refractivity contribution in [2.24, 2.45) is 0 Å². The van der Waals surface area contributed by atoms with Gasteiger partial charge in [0.25, 0.3) is 0 Å². The third kappa shape index (κ3) is 2.87. The van der Waals surface area contributed by atoms with Gasteiger partial charge in [-0.3, -0.25) is 0 Å². The number of carboxylic acids is 1. The highest BCUT2D eigenvalue weighted by molar-refractivity contribution is 5.85. The van der Waals surface area contributed by atoms with E-state index in [1.807, 2.05) is 20.8 Å². The molecule has 5 nitrogen and oxygen atoms in total. The van der Waals surface area contributed by atoms with Crippen LogP contribution in [0.15, 0.2) is 0 Å². The monoisotopic (exact) mass is 230 g/mol. The molecule has 0 aliphatic rings. The second kappa shape index (κ2) is 5.18. The van der Waals surface area contributed by atoms with Crippen LogP contribution in [0.1, 0.15) is 34.6 Å². The molecule has 16 heavy (non-hydrogen) atoms. The Morgan fingerprint density at radius 3 is 2.00 bits per heavy atom. The number of rotatable bonds is 4. The van der Waals surface area contributed by atoms with Crippen LogP contribution in [0.2, 0.25) is 0 Å². The van der Waals surface area contributed by atoms with Gasteiger partial charge in [-0.15, -0.1) is 0 Å². The summed E-state index contributed by atoms with van der Waals surface area (Å²) in [5, 5.41) is 9.04. The van der Waals surface area contributed by atoms with E-state index in [4.69, 9.17) is 5.11 Å². The van der Waals surface area contributed by atoms with Crippen molar-refractivity contribution in [3.05, 3.63) is 0 Å². The van der Waals surface area contributed by atoms with Gasteiger partial charge in [0.1, 0.15) is 5.54 Å². The first-order valence-corrected chi connectivity index (χ1v) is 5.44. The van der Waals surface area contributed by atoms with Crippen LogP contribution in [0.3, 0.4) is 0 Å². The molecule has 0 aliphatic carbocycles. The number of hydrogen-bond acceptors (Lipinski definition) is 2. The molecule has 0 aromatic carbocycles. The normalized spacial score (nSPS) is 11.4. The molecule has 0 aromatic heterocycles. The quantitative estimate of drug-likeness (QED) is 0.798. The molecular weight excluding hydrogens is 208 g/mol. The first kappa shape index (κ1) is 14.7. The average molecular weight is 230 g/mol. The summed E-state index contributed by atoms with van der Waals surface area (Å²) >= 11 is 0. The third-order valence-electron chi connectivity index (χ3n) is 2.86. The van der Waals surface area contributed by atoms with Gasteiger partial charge in [-0.2, -0.15) is 0 Å². The molecule has 0 saturated heterocycles. The topological polar surface area (TPSA) is 60.9 Å². The van der Waals surface area contributed by atoms with Crippen LogP contribution in [-0.2, 0) is 4.79 Å². The minimum Gasteiger partial charge on any atom is -0.480 e. The lowest BCUT2D eigenvalue weighted by Crippen LogP contribution is -2.56. The Hall–Kier alpha value is -1.26. The van der Waals surface area contributed by atoms with Crippen molar-refractivity contribution in [1.82, 2.24) is 9.80 Å². The summed E-state index contributed by atoms with van der Waals surface area (Å²) in [7, 11) is 1.52. The van der Waals surface area contributed by atoms with Gasteiger partial charge in [-0.25, -0.2) is 9.59 Å². The predicted molar refractivity (Wildman–Crippen MR) is 62.4 cm³/mol. The molecular formula is C11H22N2O3. The molecule has 0 rings (SSSR count). The summed E-state index contributed by atoms with van der Waals surface area (Å²) in [6.07, 6.45) is 0. The van der Waals surface area contributed by atoms with Crippen molar-refractivity contribution >= 4 is 12.0 Å². The molecule has 0 saturated carbocycles. The molecule has 0 bridgehead atoms. The zero-order chi connectivity index (χ0) is 13.1. The summed E-state index contributed by atoms with van der Waals surface area (Å²) in [6, 6.07) is -0.200. The Labute approximate surface area is 97.0 Å². The first-order chi connectivity index (χ1) is 7.16. The fraction of sp³-hybridized carbons (Fsp3) is 0.818. The Morgan fingerprint density at radius 2 is 1.75 bits per heavy atom. The molecule has 1 N–H and O–H groups in total. The van der Waals surface area contributed by atoms with Crippen LogP contribution < -0.4 is 0 Å². The number of carbonyl (C=O) groups excluding carboxylic acids is 1. The smallest absolute Gasteiger partial charge is 0.329 e. The van der Waals surface area contributed by atoms with E-state index in [0.29, 0.717) is 6.54 Å². The fourth-order valence-electron chi connectivity index (χ4n) is 1.30. The van der Waals surface area contributed by atoms with Crippen LogP contribution >= 0.6 is 0 Å². The second-order valence-electron chi connectivity index (χ2n) is 4.59. The number of urea groups is 1. The molecule has 0 atom stereocenters. The van der Waals surface area contributed by atoms with Crippen LogP contribution in [0.4, 0.5) is 4.79 Å². The summed E-state index contributed by atoms with van der Waals surface area (Å²) in [5.74, 6) is -1.01. The second-order valence-corrected chi connectivity index (χ2v) is 4.59. The van der Waals surface area contributed by atoms with Crippen molar-refractivity contribution in [1.29, 1.82) is 0 Å². The summed E-state index contributed by atoms with van der Waals surface area (Å²) in [5.41, 5.74) is -1.20. The maximum absolute atomic E-state index is 12.1. The average Bonchev–Trinajstić information content (AvgIpc) is 2.16. The van der Waals surface area contributed by atoms with Gasteiger partial charge in [0.2, 0.25) is 0 Å². The fourth-order valence-corrected chi connectivity index (χ4v) is 1.30. The van der Waals surface area contributed by atoms with E-state index in [9.17, 15) is 9.59 Å². The Morgan fingerprint density at radius 1 is 1.31 bits per heavy atom. The third-order valence-corrected chi connectivity index (χ3v) is 2.86. The number of carboxylic acid groups (broad SMARTS) is 1. The van der Waals surface area contributed by atoms with Crippen LogP contribution in [-0.4, -0.2) is 52.1 Å². The molecule has 0 radical (unpaired) electrons. The Kier molecular flexibility index (Phi) is 4.78. The zero-order valence-corrected chi connectivity index (χ0v) is 10.9. The lowest BCUT2D eigenvalue weighted by Gasteiger charge is -2.37. The SMILES string of the molecule is CCN(C(=O)N(C)C(C)(C)C(=O)O)C(C)C. The molecule has 5 heteroatoms. The predicted octanol–water partition coefficient (Wildman–Crippen LogP) is 1.63. The van der Waals surface area contributed by atoms with Crippen molar-refractivity contribution in [3.8, 4) is 0 Å². The van der Waals surface area contributed by atoms with Gasteiger partial charge >= 0.3 is 12.0 Å². The van der Waals surface area contributed by atoms with Crippen molar-refractivity contribution in [2.75, 3.05) is 13.6 Å². The van der Waals surface area contributed by atoms with Gasteiger partial charge in [-0.05, 0) is 34.6 Å². The van der Waals surface area contributed by atoms with E-state index < -0.39 is 11.5 Å². The van der Waals surface area contributed by atoms with Gasteiger partial charge in [-0.1, -0.05) is 0 Å². The van der Waals surface area contributed by atoms with Gasteiger partial charge < -0.3 is 14.9 Å². The largest absolute Gasteiger partial charge is 0.480 e. The number of hydrogen-bond donors (Lipinski definition) is 1. The Bertz CT molecular complexity index is 274. The van der Waals surface area contributed by atoms with Gasteiger partial charge in [0, 0.05) is 19.6 Å². The lowest BCUT2D eigenvalue weighted by molar-refractivity contribution is -0.147. The zero-order valence-electron chi connectivity index (χ0n) is 10.9. The molecule has 0 spiro atoms. The standard InChI is InChI=1S/C11H22N2O3/c1-7-13(8(2)3)10(16)12(6)11(4,5)9(14)15/h8H,7H2,1-6H3,(H,14,15). The van der Waals surface area contributed by atoms with Crippen molar-refractivity contribution < 1.29 is 14.7 Å². The molecule has 0 aromatic rings. The Balaban J connectivity index is 4.92. The van der Waals surface area contributed by atoms with Crippen LogP contribution in [0, 0.1) is 0 Å². The first-order valence-electron chi connectivity index (χ1n) is 5.44. The number of likely N-dealkylation sites (N-methyl/N-ethyl adjacent to an activating group) is 1. The highest BCUT2D eigenvalue weighted by atomic mass is 16.4. The van der Waals surface area contributed by atoms with Crippen LogP contribution in [0.25, 0.3) is 0 Å². The summed E-state index contributed by atoms with van der Waals surface area (Å²) in [6.45, 7) is 9.28. The number of amides is 2. The summed E-state index contributed by atoms with van der Waals surface area (Å²) < 4.78 is 0. The molecule has 0 fully saturated rings. The minimum atomic E-state index is -1.20. The lowest BCUT2D eigenvalue weighted by atomic mass is 10.0. The number of aliphatic carboxylic acids is 1. The van der Waals surface area contributed by atoms with E-state index in [2.05, 4.69) is 0 Å². The molecule has 0 heterocycles.